The van der Waals surface area contributed by atoms with Crippen molar-refractivity contribution in [2.75, 3.05) is 44.4 Å². The van der Waals surface area contributed by atoms with E-state index in [0.717, 1.165) is 44.4 Å². The van der Waals surface area contributed by atoms with E-state index in [2.05, 4.69) is 16.8 Å². The smallest absolute Gasteiger partial charge is 0.191 e. The molecule has 2 rings (SSSR count). The molecule has 2 aliphatic heterocycles. The molecule has 2 fully saturated rings. The molecule has 2 heterocycles. The normalized spacial score (nSPS) is 24.6. The van der Waals surface area contributed by atoms with Crippen LogP contribution in [0.3, 0.4) is 0 Å². The summed E-state index contributed by atoms with van der Waals surface area (Å²) in [6, 6.07) is 0. The Morgan fingerprint density at radius 2 is 2.06 bits per heavy atom. The van der Waals surface area contributed by atoms with Crippen LogP contribution < -0.4 is 5.73 Å². The maximum Gasteiger partial charge on any atom is 0.191 e. The fraction of sp³-hybridized carbons (Fsp3) is 0.900. The van der Waals surface area contributed by atoms with Gasteiger partial charge < -0.3 is 15.4 Å². The van der Waals surface area contributed by atoms with Crippen molar-refractivity contribution in [1.29, 1.82) is 0 Å². The van der Waals surface area contributed by atoms with Crippen molar-refractivity contribution in [1.82, 2.24) is 4.90 Å². The number of hydrogen-bond acceptors (Lipinski definition) is 3. The van der Waals surface area contributed by atoms with Gasteiger partial charge in [0.15, 0.2) is 5.96 Å². The monoisotopic (exact) mass is 357 g/mol. The summed E-state index contributed by atoms with van der Waals surface area (Å²) in [5.74, 6) is 3.04. The van der Waals surface area contributed by atoms with E-state index in [4.69, 9.17) is 10.5 Å². The quantitative estimate of drug-likeness (QED) is 0.455. The molecule has 0 amide bonds. The summed E-state index contributed by atoms with van der Waals surface area (Å²) in [6.07, 6.45) is 0. The fourth-order valence-electron chi connectivity index (χ4n) is 1.71. The zero-order valence-electron chi connectivity index (χ0n) is 9.65. The molecular weight excluding hydrogens is 337 g/mol. The van der Waals surface area contributed by atoms with Crippen molar-refractivity contribution in [2.45, 2.75) is 6.92 Å². The molecule has 16 heavy (non-hydrogen) atoms. The molecule has 0 bridgehead atoms. The predicted octanol–water partition coefficient (Wildman–Crippen LogP) is 1.00. The van der Waals surface area contributed by atoms with Gasteiger partial charge in [-0.15, -0.1) is 24.0 Å². The third-order valence-corrected chi connectivity index (χ3v) is 3.80. The number of nitrogens with two attached hydrogens (primary N) is 1. The first-order valence-corrected chi connectivity index (χ1v) is 6.55. The number of guanidine groups is 1. The topological polar surface area (TPSA) is 50.8 Å². The highest BCUT2D eigenvalue weighted by molar-refractivity contribution is 14.0. The molecule has 0 atom stereocenters. The van der Waals surface area contributed by atoms with Crippen LogP contribution in [0.4, 0.5) is 0 Å². The number of ether oxygens (including phenoxy) is 1. The summed E-state index contributed by atoms with van der Waals surface area (Å²) in [4.78, 5) is 6.65. The van der Waals surface area contributed by atoms with Crippen LogP contribution >= 0.6 is 35.7 Å². The van der Waals surface area contributed by atoms with Gasteiger partial charge in [0.2, 0.25) is 0 Å². The van der Waals surface area contributed by atoms with Crippen molar-refractivity contribution in [2.24, 2.45) is 16.1 Å². The number of aliphatic imine (C=N–C) groups is 1. The largest absolute Gasteiger partial charge is 0.380 e. The van der Waals surface area contributed by atoms with Crippen LogP contribution in [0.15, 0.2) is 4.99 Å². The summed E-state index contributed by atoms with van der Waals surface area (Å²) >= 11 is 1.98. The van der Waals surface area contributed by atoms with E-state index in [9.17, 15) is 0 Å². The molecule has 0 aromatic heterocycles. The molecule has 0 saturated carbocycles. The summed E-state index contributed by atoms with van der Waals surface area (Å²) in [7, 11) is 0. The standard InChI is InChI=1S/C10H19N3OS.HI/c1-10(7-14-8-10)6-12-9(11)13-2-4-15-5-3-13;/h2-8H2,1H3,(H2,11,12);1H. The van der Waals surface area contributed by atoms with Crippen molar-refractivity contribution >= 4 is 41.7 Å². The maximum atomic E-state index is 5.96. The highest BCUT2D eigenvalue weighted by Gasteiger charge is 2.33. The minimum atomic E-state index is 0. The van der Waals surface area contributed by atoms with Crippen LogP contribution in [0.5, 0.6) is 0 Å². The summed E-state index contributed by atoms with van der Waals surface area (Å²) in [6.45, 7) is 6.70. The molecule has 6 heteroatoms. The lowest BCUT2D eigenvalue weighted by molar-refractivity contribution is -0.0945. The first-order chi connectivity index (χ1) is 7.20. The van der Waals surface area contributed by atoms with Crippen LogP contribution in [0, 0.1) is 5.41 Å². The van der Waals surface area contributed by atoms with Gasteiger partial charge in [0.1, 0.15) is 0 Å². The number of halogens is 1. The van der Waals surface area contributed by atoms with Gasteiger partial charge in [0.25, 0.3) is 0 Å². The Morgan fingerprint density at radius 3 is 2.56 bits per heavy atom. The molecule has 94 valence electrons. The third kappa shape index (κ3) is 3.66. The molecule has 2 saturated heterocycles. The van der Waals surface area contributed by atoms with Crippen LogP contribution in [0.25, 0.3) is 0 Å². The molecule has 0 unspecified atom stereocenters. The van der Waals surface area contributed by atoms with Gasteiger partial charge in [-0.25, -0.2) is 0 Å². The number of rotatable bonds is 2. The van der Waals surface area contributed by atoms with Gasteiger partial charge in [0, 0.05) is 30.0 Å². The minimum Gasteiger partial charge on any atom is -0.380 e. The van der Waals surface area contributed by atoms with Gasteiger partial charge in [-0.05, 0) is 0 Å². The van der Waals surface area contributed by atoms with Crippen LogP contribution in [-0.4, -0.2) is 55.2 Å². The molecule has 4 nitrogen and oxygen atoms in total. The highest BCUT2D eigenvalue weighted by atomic mass is 127. The van der Waals surface area contributed by atoms with Crippen LogP contribution in [-0.2, 0) is 4.74 Å². The molecule has 2 aliphatic rings. The molecular formula is C10H20IN3OS. The molecule has 0 radical (unpaired) electrons. The second kappa shape index (κ2) is 6.30. The van der Waals surface area contributed by atoms with Crippen LogP contribution in [0.1, 0.15) is 6.92 Å². The van der Waals surface area contributed by atoms with Gasteiger partial charge in [0.05, 0.1) is 19.8 Å². The minimum absolute atomic E-state index is 0. The fourth-order valence-corrected chi connectivity index (χ4v) is 2.61. The van der Waals surface area contributed by atoms with Gasteiger partial charge in [-0.1, -0.05) is 6.92 Å². The Kier molecular flexibility index (Phi) is 5.66. The van der Waals surface area contributed by atoms with Crippen molar-refractivity contribution in [3.05, 3.63) is 0 Å². The molecule has 2 N–H and O–H groups in total. The van der Waals surface area contributed by atoms with Gasteiger partial charge >= 0.3 is 0 Å². The second-order valence-electron chi connectivity index (χ2n) is 4.58. The van der Waals surface area contributed by atoms with E-state index in [1.807, 2.05) is 11.8 Å². The molecule has 0 aromatic carbocycles. The molecule has 0 aliphatic carbocycles. The Bertz CT molecular complexity index is 252. The predicted molar refractivity (Wildman–Crippen MR) is 79.7 cm³/mol. The lowest BCUT2D eigenvalue weighted by Crippen LogP contribution is -2.46. The average molecular weight is 357 g/mol. The maximum absolute atomic E-state index is 5.96. The third-order valence-electron chi connectivity index (χ3n) is 2.86. The zero-order valence-corrected chi connectivity index (χ0v) is 12.8. The van der Waals surface area contributed by atoms with Crippen molar-refractivity contribution in [3.63, 3.8) is 0 Å². The van der Waals surface area contributed by atoms with E-state index >= 15 is 0 Å². The summed E-state index contributed by atoms with van der Waals surface area (Å²) in [5, 5.41) is 0. The van der Waals surface area contributed by atoms with E-state index in [0.29, 0.717) is 5.96 Å². The lowest BCUT2D eigenvalue weighted by Gasteiger charge is -2.37. The van der Waals surface area contributed by atoms with E-state index in [1.54, 1.807) is 0 Å². The Hall–Kier alpha value is 0.310. The van der Waals surface area contributed by atoms with E-state index < -0.39 is 0 Å². The number of nitrogens with zero attached hydrogens (tertiary/aromatic N) is 2. The number of thioether (sulfide) groups is 1. The van der Waals surface area contributed by atoms with Gasteiger partial charge in [-0.3, -0.25) is 4.99 Å². The lowest BCUT2D eigenvalue weighted by atomic mass is 9.89. The van der Waals surface area contributed by atoms with Crippen LogP contribution in [0.2, 0.25) is 0 Å². The summed E-state index contributed by atoms with van der Waals surface area (Å²) < 4.78 is 5.19. The second-order valence-corrected chi connectivity index (χ2v) is 5.80. The first kappa shape index (κ1) is 14.4. The molecule has 0 aromatic rings. The summed E-state index contributed by atoms with van der Waals surface area (Å²) in [5.41, 5.74) is 6.19. The van der Waals surface area contributed by atoms with Crippen molar-refractivity contribution in [3.8, 4) is 0 Å². The Labute approximate surface area is 118 Å². The molecule has 0 spiro atoms. The highest BCUT2D eigenvalue weighted by Crippen LogP contribution is 2.26. The Morgan fingerprint density at radius 1 is 1.44 bits per heavy atom. The van der Waals surface area contributed by atoms with Crippen molar-refractivity contribution < 1.29 is 4.74 Å². The van der Waals surface area contributed by atoms with Gasteiger partial charge in [-0.2, -0.15) is 11.8 Å². The Balaban J connectivity index is 0.00000128. The SMILES string of the molecule is CC1(CN=C(N)N2CCSCC2)COC1.I. The number of hydrogen-bond donors (Lipinski definition) is 1. The van der Waals surface area contributed by atoms with E-state index in [1.165, 1.54) is 0 Å². The first-order valence-electron chi connectivity index (χ1n) is 5.40. The van der Waals surface area contributed by atoms with E-state index in [-0.39, 0.29) is 29.4 Å². The zero-order chi connectivity index (χ0) is 10.7. The average Bonchev–Trinajstić information content (AvgIpc) is 2.24.